The number of nitrogens with one attached hydrogen (secondary N) is 1. The lowest BCUT2D eigenvalue weighted by atomic mass is 10.2. The predicted molar refractivity (Wildman–Crippen MR) is 61.6 cm³/mol. The molecule has 0 radical (unpaired) electrons. The lowest BCUT2D eigenvalue weighted by Crippen LogP contribution is -2.30. The minimum Gasteiger partial charge on any atom is -0.497 e. The van der Waals surface area contributed by atoms with Gasteiger partial charge in [-0.05, 0) is 12.1 Å². The Morgan fingerprint density at radius 1 is 1.41 bits per heavy atom. The summed E-state index contributed by atoms with van der Waals surface area (Å²) < 4.78 is 10.1. The summed E-state index contributed by atoms with van der Waals surface area (Å²) >= 11 is 0. The number of carbonyl (C=O) groups excluding carboxylic acids is 1. The monoisotopic (exact) mass is 239 g/mol. The molecule has 0 heterocycles. The van der Waals surface area contributed by atoms with Gasteiger partial charge in [-0.2, -0.15) is 0 Å². The summed E-state index contributed by atoms with van der Waals surface area (Å²) in [5.41, 5.74) is 5.53. The number of carbonyl (C=O) groups is 1. The van der Waals surface area contributed by atoms with E-state index >= 15 is 0 Å². The molecular weight excluding hydrogens is 226 g/mol. The van der Waals surface area contributed by atoms with Crippen molar-refractivity contribution in [2.45, 2.75) is 0 Å². The molecule has 0 bridgehead atoms. The number of methoxy groups -OCH3 is 2. The van der Waals surface area contributed by atoms with Crippen LogP contribution in [0.1, 0.15) is 0 Å². The van der Waals surface area contributed by atoms with Gasteiger partial charge < -0.3 is 25.7 Å². The average molecular weight is 239 g/mol. The molecule has 0 aliphatic rings. The first-order chi connectivity index (χ1) is 8.12. The largest absolute Gasteiger partial charge is 0.497 e. The van der Waals surface area contributed by atoms with Crippen LogP contribution in [0, 0.1) is 0 Å². The number of hydrogen-bond donors (Lipinski definition) is 3. The summed E-state index contributed by atoms with van der Waals surface area (Å²) in [6.45, 7) is 0. The van der Waals surface area contributed by atoms with Crippen molar-refractivity contribution in [3.63, 3.8) is 0 Å². The molecule has 17 heavy (non-hydrogen) atoms. The maximum Gasteiger partial charge on any atom is 0.294 e. The molecule has 4 N–H and O–H groups in total. The quantitative estimate of drug-likeness (QED) is 0.306. The number of amides is 1. The van der Waals surface area contributed by atoms with Crippen molar-refractivity contribution in [3.05, 3.63) is 18.2 Å². The van der Waals surface area contributed by atoms with Gasteiger partial charge in [0.05, 0.1) is 19.9 Å². The van der Waals surface area contributed by atoms with E-state index in [0.29, 0.717) is 17.2 Å². The van der Waals surface area contributed by atoms with Crippen molar-refractivity contribution >= 4 is 17.4 Å². The van der Waals surface area contributed by atoms with Gasteiger partial charge in [-0.3, -0.25) is 4.79 Å². The van der Waals surface area contributed by atoms with Gasteiger partial charge in [-0.25, -0.2) is 0 Å². The summed E-state index contributed by atoms with van der Waals surface area (Å²) in [5.74, 6) is -0.272. The van der Waals surface area contributed by atoms with Crippen LogP contribution < -0.4 is 20.5 Å². The number of rotatable bonds is 3. The molecule has 0 atom stereocenters. The molecule has 0 fully saturated rings. The van der Waals surface area contributed by atoms with Gasteiger partial charge in [0.1, 0.15) is 11.5 Å². The number of nitrogens with zero attached hydrogens (tertiary/aromatic N) is 1. The smallest absolute Gasteiger partial charge is 0.294 e. The maximum absolute atomic E-state index is 11.4. The predicted octanol–water partition coefficient (Wildman–Crippen LogP) is 0.389. The van der Waals surface area contributed by atoms with E-state index in [1.807, 2.05) is 0 Å². The zero-order chi connectivity index (χ0) is 12.8. The molecule has 0 saturated carbocycles. The minimum atomic E-state index is -0.726. The first kappa shape index (κ1) is 12.6. The van der Waals surface area contributed by atoms with Crippen molar-refractivity contribution < 1.29 is 19.5 Å². The van der Waals surface area contributed by atoms with Crippen LogP contribution in [0.5, 0.6) is 11.5 Å². The van der Waals surface area contributed by atoms with E-state index in [1.165, 1.54) is 14.2 Å². The van der Waals surface area contributed by atoms with Gasteiger partial charge in [0, 0.05) is 6.07 Å². The van der Waals surface area contributed by atoms with Gasteiger partial charge in [-0.15, -0.1) is 0 Å². The van der Waals surface area contributed by atoms with E-state index in [2.05, 4.69) is 10.5 Å². The molecule has 0 spiro atoms. The first-order valence-electron chi connectivity index (χ1n) is 4.63. The van der Waals surface area contributed by atoms with Crippen LogP contribution in [0.4, 0.5) is 5.69 Å². The summed E-state index contributed by atoms with van der Waals surface area (Å²) in [5, 5.41) is 13.4. The van der Waals surface area contributed by atoms with Crippen LogP contribution in [0.2, 0.25) is 0 Å². The molecule has 0 aliphatic carbocycles. The zero-order valence-electron chi connectivity index (χ0n) is 9.43. The Kier molecular flexibility index (Phi) is 4.15. The number of oxime groups is 1. The van der Waals surface area contributed by atoms with Crippen LogP contribution >= 0.6 is 0 Å². The van der Waals surface area contributed by atoms with Crippen LogP contribution in [-0.4, -0.2) is 31.2 Å². The molecule has 1 amide bonds. The summed E-state index contributed by atoms with van der Waals surface area (Å²) in [7, 11) is 2.97. The summed E-state index contributed by atoms with van der Waals surface area (Å²) in [6, 6.07) is 4.83. The van der Waals surface area contributed by atoms with Crippen LogP contribution in [0.25, 0.3) is 0 Å². The fourth-order valence-corrected chi connectivity index (χ4v) is 1.13. The first-order valence-corrected chi connectivity index (χ1v) is 4.63. The van der Waals surface area contributed by atoms with Crippen molar-refractivity contribution in [2.24, 2.45) is 10.9 Å². The molecule has 0 saturated heterocycles. The lowest BCUT2D eigenvalue weighted by molar-refractivity contribution is -0.110. The fraction of sp³-hybridized carbons (Fsp3) is 0.200. The van der Waals surface area contributed by atoms with Crippen LogP contribution in [0.3, 0.4) is 0 Å². The van der Waals surface area contributed by atoms with Gasteiger partial charge >= 0.3 is 0 Å². The number of nitrogens with two attached hydrogens (primary N) is 1. The standard InChI is InChI=1S/C10H13N3O4/c1-16-6-3-4-7(8(5-6)17-2)12-10(14)9(11)13-15/h3-5,15H,1-2H3,(H2,11,13)(H,12,14). The van der Waals surface area contributed by atoms with Gasteiger partial charge in [0.15, 0.2) is 0 Å². The highest BCUT2D eigenvalue weighted by molar-refractivity contribution is 6.41. The lowest BCUT2D eigenvalue weighted by Gasteiger charge is -2.10. The molecule has 92 valence electrons. The van der Waals surface area contributed by atoms with E-state index in [9.17, 15) is 4.79 Å². The molecule has 1 aromatic carbocycles. The molecule has 0 aromatic heterocycles. The van der Waals surface area contributed by atoms with Crippen molar-refractivity contribution in [1.29, 1.82) is 0 Å². The van der Waals surface area contributed by atoms with E-state index in [-0.39, 0.29) is 0 Å². The van der Waals surface area contributed by atoms with E-state index in [4.69, 9.17) is 20.4 Å². The van der Waals surface area contributed by atoms with Gasteiger partial charge in [0.25, 0.3) is 5.91 Å². The maximum atomic E-state index is 11.4. The number of hydrogen-bond acceptors (Lipinski definition) is 5. The molecule has 7 nitrogen and oxygen atoms in total. The van der Waals surface area contributed by atoms with Crippen molar-refractivity contribution in [1.82, 2.24) is 0 Å². The second-order valence-corrected chi connectivity index (χ2v) is 3.01. The molecule has 0 aliphatic heterocycles. The number of amidine groups is 1. The van der Waals surface area contributed by atoms with Crippen LogP contribution in [0.15, 0.2) is 23.4 Å². The highest BCUT2D eigenvalue weighted by Crippen LogP contribution is 2.28. The van der Waals surface area contributed by atoms with Crippen LogP contribution in [-0.2, 0) is 4.79 Å². The van der Waals surface area contributed by atoms with Crippen molar-refractivity contribution in [2.75, 3.05) is 19.5 Å². The Balaban J connectivity index is 2.95. The van der Waals surface area contributed by atoms with E-state index in [1.54, 1.807) is 18.2 Å². The van der Waals surface area contributed by atoms with Gasteiger partial charge in [-0.1, -0.05) is 5.16 Å². The SMILES string of the molecule is COc1ccc(NC(=O)/C(N)=N/O)c(OC)c1. The number of anilines is 1. The fourth-order valence-electron chi connectivity index (χ4n) is 1.13. The Bertz CT molecular complexity index is 445. The minimum absolute atomic E-state index is 0.393. The second kappa shape index (κ2) is 5.59. The molecule has 7 heteroatoms. The van der Waals surface area contributed by atoms with Crippen molar-refractivity contribution in [3.8, 4) is 11.5 Å². The summed E-state index contributed by atoms with van der Waals surface area (Å²) in [4.78, 5) is 11.4. The Morgan fingerprint density at radius 2 is 2.12 bits per heavy atom. The highest BCUT2D eigenvalue weighted by Gasteiger charge is 2.11. The molecule has 0 unspecified atom stereocenters. The third-order valence-electron chi connectivity index (χ3n) is 2.00. The Morgan fingerprint density at radius 3 is 2.65 bits per heavy atom. The zero-order valence-corrected chi connectivity index (χ0v) is 9.43. The van der Waals surface area contributed by atoms with E-state index in [0.717, 1.165) is 0 Å². The third kappa shape index (κ3) is 3.00. The normalized spacial score (nSPS) is 10.8. The highest BCUT2D eigenvalue weighted by atomic mass is 16.5. The number of benzene rings is 1. The molecular formula is C10H13N3O4. The number of ether oxygens (including phenoxy) is 2. The Labute approximate surface area is 97.8 Å². The Hall–Kier alpha value is -2.44. The topological polar surface area (TPSA) is 106 Å². The molecule has 1 aromatic rings. The van der Waals surface area contributed by atoms with E-state index < -0.39 is 11.7 Å². The third-order valence-corrected chi connectivity index (χ3v) is 2.00. The summed E-state index contributed by atoms with van der Waals surface area (Å²) in [6.07, 6.45) is 0. The average Bonchev–Trinajstić information content (AvgIpc) is 2.37. The molecule has 1 rings (SSSR count). The van der Waals surface area contributed by atoms with Gasteiger partial charge in [0.2, 0.25) is 5.84 Å². The second-order valence-electron chi connectivity index (χ2n) is 3.01.